The number of hydrogen-bond donors (Lipinski definition) is 1. The molecule has 1 unspecified atom stereocenters. The Hall–Kier alpha value is 0.0700. The molecule has 0 saturated carbocycles. The lowest BCUT2D eigenvalue weighted by Crippen LogP contribution is -2.45. The van der Waals surface area contributed by atoms with E-state index in [9.17, 15) is 9.46 Å². The van der Waals surface area contributed by atoms with E-state index < -0.39 is 7.82 Å². The molecule has 0 aromatic carbocycles. The molecule has 0 heterocycles. The van der Waals surface area contributed by atoms with Gasteiger partial charge in [0.05, 0.1) is 26.7 Å². The van der Waals surface area contributed by atoms with Crippen LogP contribution in [0.4, 0.5) is 0 Å². The van der Waals surface area contributed by atoms with E-state index in [2.05, 4.69) is 27.8 Å². The number of unbranched alkanes of at least 4 members (excludes halogenated alkanes) is 13. The monoisotopic (exact) mass is 436 g/mol. The van der Waals surface area contributed by atoms with Gasteiger partial charge in [0.25, 0.3) is 0 Å². The van der Waals surface area contributed by atoms with Gasteiger partial charge in [-0.05, 0) is 20.3 Å². The van der Waals surface area contributed by atoms with Gasteiger partial charge in [0, 0.05) is 0 Å². The summed E-state index contributed by atoms with van der Waals surface area (Å²) >= 11 is 0. The Labute approximate surface area is 181 Å². The Morgan fingerprint density at radius 1 is 0.655 bits per heavy atom. The molecule has 0 rings (SSSR count). The maximum Gasteiger partial charge on any atom is 0.472 e. The van der Waals surface area contributed by atoms with E-state index in [0.29, 0.717) is 6.61 Å². The first kappa shape index (κ1) is 29.1. The summed E-state index contributed by atoms with van der Waals surface area (Å²) in [7, 11) is -1.77. The van der Waals surface area contributed by atoms with Crippen LogP contribution >= 0.6 is 7.82 Å². The SMILES string of the molecule is CCCCCCCCCCCCCCCCOP(=O)(O)OCC[N+](C)(CC)CC. The van der Waals surface area contributed by atoms with Crippen molar-refractivity contribution in [3.63, 3.8) is 0 Å². The van der Waals surface area contributed by atoms with Crippen LogP contribution in [0, 0.1) is 0 Å². The van der Waals surface area contributed by atoms with Gasteiger partial charge in [-0.1, -0.05) is 90.4 Å². The van der Waals surface area contributed by atoms with E-state index in [4.69, 9.17) is 9.05 Å². The Balaban J connectivity index is 3.43. The van der Waals surface area contributed by atoms with Crippen LogP contribution < -0.4 is 0 Å². The zero-order valence-electron chi connectivity index (χ0n) is 20.0. The van der Waals surface area contributed by atoms with Crippen molar-refractivity contribution in [2.75, 3.05) is 39.9 Å². The standard InChI is InChI=1S/C23H50NO4P/c1-5-8-9-10-11-12-13-14-15-16-17-18-19-20-22-27-29(25,26)28-23-21-24(4,6-2)7-3/h5-23H2,1-4H3/p+1. The average Bonchev–Trinajstić information content (AvgIpc) is 2.70. The molecule has 1 N–H and O–H groups in total. The number of likely N-dealkylation sites (N-methyl/N-ethyl adjacent to an activating group) is 1. The summed E-state index contributed by atoms with van der Waals surface area (Å²) < 4.78 is 23.0. The molecule has 0 saturated heterocycles. The molecular formula is C23H51NO4P+. The number of nitrogens with zero attached hydrogens (tertiary/aromatic N) is 1. The van der Waals surface area contributed by atoms with Crippen molar-refractivity contribution in [1.82, 2.24) is 0 Å². The lowest BCUT2D eigenvalue weighted by Gasteiger charge is -2.32. The maximum absolute atomic E-state index is 11.9. The number of rotatable bonds is 22. The Bertz CT molecular complexity index is 402. The molecule has 6 heteroatoms. The zero-order chi connectivity index (χ0) is 21.8. The molecule has 0 aliphatic carbocycles. The van der Waals surface area contributed by atoms with E-state index in [-0.39, 0.29) is 6.61 Å². The number of quaternary nitrogens is 1. The van der Waals surface area contributed by atoms with Gasteiger partial charge in [-0.2, -0.15) is 0 Å². The van der Waals surface area contributed by atoms with Crippen molar-refractivity contribution in [1.29, 1.82) is 0 Å². The first-order valence-electron chi connectivity index (χ1n) is 12.3. The van der Waals surface area contributed by atoms with Gasteiger partial charge in [-0.15, -0.1) is 0 Å². The number of phosphoric ester groups is 1. The van der Waals surface area contributed by atoms with Crippen LogP contribution in [0.5, 0.6) is 0 Å². The Morgan fingerprint density at radius 3 is 1.45 bits per heavy atom. The average molecular weight is 437 g/mol. The van der Waals surface area contributed by atoms with Crippen molar-refractivity contribution in [2.45, 2.75) is 111 Å². The minimum absolute atomic E-state index is 0.255. The van der Waals surface area contributed by atoms with E-state index in [1.807, 2.05) is 0 Å². The predicted molar refractivity (Wildman–Crippen MR) is 124 cm³/mol. The smallest absolute Gasteiger partial charge is 0.325 e. The van der Waals surface area contributed by atoms with Crippen molar-refractivity contribution in [3.8, 4) is 0 Å². The van der Waals surface area contributed by atoms with Crippen molar-refractivity contribution >= 4 is 7.82 Å². The normalized spacial score (nSPS) is 14.2. The third-order valence-electron chi connectivity index (χ3n) is 6.16. The van der Waals surface area contributed by atoms with Gasteiger partial charge >= 0.3 is 7.82 Å². The van der Waals surface area contributed by atoms with E-state index in [1.165, 1.54) is 77.0 Å². The van der Waals surface area contributed by atoms with Gasteiger partial charge in [0.2, 0.25) is 0 Å². The minimum atomic E-state index is -3.90. The molecule has 0 aliphatic heterocycles. The highest BCUT2D eigenvalue weighted by Gasteiger charge is 2.23. The first-order valence-corrected chi connectivity index (χ1v) is 13.8. The highest BCUT2D eigenvalue weighted by Crippen LogP contribution is 2.43. The molecular weight excluding hydrogens is 385 g/mol. The first-order chi connectivity index (χ1) is 13.9. The fraction of sp³-hybridized carbons (Fsp3) is 1.00. The van der Waals surface area contributed by atoms with Crippen LogP contribution in [0.25, 0.3) is 0 Å². The second-order valence-corrected chi connectivity index (χ2v) is 10.2. The highest BCUT2D eigenvalue weighted by atomic mass is 31.2. The fourth-order valence-corrected chi connectivity index (χ4v) is 4.18. The summed E-state index contributed by atoms with van der Waals surface area (Å²) in [5.41, 5.74) is 0. The van der Waals surface area contributed by atoms with E-state index in [1.54, 1.807) is 0 Å². The maximum atomic E-state index is 11.9. The van der Waals surface area contributed by atoms with Crippen LogP contribution in [0.1, 0.15) is 111 Å². The lowest BCUT2D eigenvalue weighted by molar-refractivity contribution is -0.906. The summed E-state index contributed by atoms with van der Waals surface area (Å²) in [5, 5.41) is 0. The summed E-state index contributed by atoms with van der Waals surface area (Å²) in [4.78, 5) is 9.76. The molecule has 0 aromatic heterocycles. The Kier molecular flexibility index (Phi) is 18.9. The molecule has 0 aromatic rings. The summed E-state index contributed by atoms with van der Waals surface area (Å²) in [6.07, 6.45) is 18.1. The summed E-state index contributed by atoms with van der Waals surface area (Å²) in [5.74, 6) is 0. The van der Waals surface area contributed by atoms with Crippen LogP contribution in [-0.4, -0.2) is 49.3 Å². The molecule has 0 radical (unpaired) electrons. The molecule has 29 heavy (non-hydrogen) atoms. The third kappa shape index (κ3) is 18.5. The van der Waals surface area contributed by atoms with Gasteiger partial charge < -0.3 is 9.38 Å². The van der Waals surface area contributed by atoms with Crippen molar-refractivity contribution < 1.29 is 23.0 Å². The number of hydrogen-bond acceptors (Lipinski definition) is 3. The third-order valence-corrected chi connectivity index (χ3v) is 7.18. The molecule has 0 aliphatic rings. The molecule has 0 fully saturated rings. The van der Waals surface area contributed by atoms with Crippen molar-refractivity contribution in [2.24, 2.45) is 0 Å². The molecule has 5 nitrogen and oxygen atoms in total. The van der Waals surface area contributed by atoms with Gasteiger partial charge in [-0.25, -0.2) is 4.57 Å². The number of phosphoric acid groups is 1. The quantitative estimate of drug-likeness (QED) is 0.112. The summed E-state index contributed by atoms with van der Waals surface area (Å²) in [6, 6.07) is 0. The topological polar surface area (TPSA) is 55.8 Å². The zero-order valence-corrected chi connectivity index (χ0v) is 20.9. The second-order valence-electron chi connectivity index (χ2n) is 8.71. The molecule has 0 amide bonds. The summed E-state index contributed by atoms with van der Waals surface area (Å²) in [6.45, 7) is 9.75. The van der Waals surface area contributed by atoms with Crippen LogP contribution in [0.2, 0.25) is 0 Å². The minimum Gasteiger partial charge on any atom is -0.325 e. The fourth-order valence-electron chi connectivity index (χ4n) is 3.43. The molecule has 176 valence electrons. The van der Waals surface area contributed by atoms with E-state index >= 15 is 0 Å². The highest BCUT2D eigenvalue weighted by molar-refractivity contribution is 7.47. The largest absolute Gasteiger partial charge is 0.472 e. The Morgan fingerprint density at radius 2 is 1.03 bits per heavy atom. The van der Waals surface area contributed by atoms with Crippen LogP contribution in [0.15, 0.2) is 0 Å². The van der Waals surface area contributed by atoms with Crippen LogP contribution in [0.3, 0.4) is 0 Å². The second kappa shape index (κ2) is 18.8. The predicted octanol–water partition coefficient (Wildman–Crippen LogP) is 7.09. The lowest BCUT2D eigenvalue weighted by atomic mass is 10.0. The van der Waals surface area contributed by atoms with Gasteiger partial charge in [-0.3, -0.25) is 9.05 Å². The molecule has 1 atom stereocenters. The van der Waals surface area contributed by atoms with Crippen molar-refractivity contribution in [3.05, 3.63) is 0 Å². The molecule has 0 spiro atoms. The molecule has 0 bridgehead atoms. The van der Waals surface area contributed by atoms with E-state index in [0.717, 1.165) is 37.0 Å². The van der Waals surface area contributed by atoms with Gasteiger partial charge in [0.15, 0.2) is 0 Å². The van der Waals surface area contributed by atoms with Crippen LogP contribution in [-0.2, 0) is 13.6 Å². The van der Waals surface area contributed by atoms with Gasteiger partial charge in [0.1, 0.15) is 13.2 Å².